The molecule has 0 aromatic heterocycles. The van der Waals surface area contributed by atoms with Crippen LogP contribution in [0.25, 0.3) is 5.57 Å². The fourth-order valence-corrected chi connectivity index (χ4v) is 4.25. The maximum Gasteiger partial charge on any atom is 0.338 e. The van der Waals surface area contributed by atoms with Crippen LogP contribution < -0.4 is 0 Å². The van der Waals surface area contributed by atoms with Crippen molar-refractivity contribution in [2.45, 2.75) is 32.6 Å². The Hall–Kier alpha value is -1.32. The summed E-state index contributed by atoms with van der Waals surface area (Å²) in [5.41, 5.74) is 4.06. The molecule has 3 fully saturated rings. The fourth-order valence-electron chi connectivity index (χ4n) is 4.07. The van der Waals surface area contributed by atoms with Crippen molar-refractivity contribution in [3.63, 3.8) is 0 Å². The maximum absolute atomic E-state index is 12.6. The van der Waals surface area contributed by atoms with Gasteiger partial charge in [0.15, 0.2) is 0 Å². The van der Waals surface area contributed by atoms with Crippen LogP contribution in [0.3, 0.4) is 0 Å². The van der Waals surface area contributed by atoms with E-state index in [-0.39, 0.29) is 11.4 Å². The third-order valence-corrected chi connectivity index (χ3v) is 6.21. The number of nitrogens with zero attached hydrogens (tertiary/aromatic N) is 1. The third-order valence-electron chi connectivity index (χ3n) is 5.81. The Morgan fingerprint density at radius 2 is 1.96 bits per heavy atom. The molecule has 0 radical (unpaired) electrons. The van der Waals surface area contributed by atoms with Gasteiger partial charge in [-0.3, -0.25) is 0 Å². The molecule has 23 heavy (non-hydrogen) atoms. The van der Waals surface area contributed by atoms with Gasteiger partial charge in [-0.15, -0.1) is 0 Å². The van der Waals surface area contributed by atoms with Gasteiger partial charge in [0.05, 0.1) is 12.2 Å². The van der Waals surface area contributed by atoms with E-state index in [1.54, 1.807) is 0 Å². The van der Waals surface area contributed by atoms with E-state index in [0.29, 0.717) is 12.2 Å². The van der Waals surface area contributed by atoms with Crippen molar-refractivity contribution in [3.05, 3.63) is 39.9 Å². The van der Waals surface area contributed by atoms with E-state index in [0.717, 1.165) is 67.0 Å². The van der Waals surface area contributed by atoms with Gasteiger partial charge >= 0.3 is 5.97 Å². The first-order chi connectivity index (χ1) is 11.1. The Morgan fingerprint density at radius 3 is 2.65 bits per heavy atom. The standard InChI is InChI=1S/C19H22ClNO2/c1-13-10-16-14(11-17(13)20)2-3-15(16)18(22)23-12-19-4-7-21(8-5-19)9-6-19/h3,10-11H,2,4-9,12H2,1H3. The summed E-state index contributed by atoms with van der Waals surface area (Å²) < 4.78 is 5.75. The number of ether oxygens (including phenoxy) is 1. The molecule has 2 bridgehead atoms. The summed E-state index contributed by atoms with van der Waals surface area (Å²) in [4.78, 5) is 15.1. The lowest BCUT2D eigenvalue weighted by molar-refractivity contribution is -0.143. The number of halogens is 1. The molecule has 0 saturated carbocycles. The van der Waals surface area contributed by atoms with Gasteiger partial charge in [-0.25, -0.2) is 4.79 Å². The van der Waals surface area contributed by atoms with Gasteiger partial charge in [-0.1, -0.05) is 17.7 Å². The van der Waals surface area contributed by atoms with Crippen LogP contribution in [0.15, 0.2) is 18.2 Å². The molecule has 1 aromatic rings. The smallest absolute Gasteiger partial charge is 0.338 e. The first-order valence-corrected chi connectivity index (χ1v) is 8.83. The molecule has 0 spiro atoms. The Balaban J connectivity index is 1.46. The predicted molar refractivity (Wildman–Crippen MR) is 91.6 cm³/mol. The Labute approximate surface area is 142 Å². The lowest BCUT2D eigenvalue weighted by Gasteiger charge is -2.47. The lowest BCUT2D eigenvalue weighted by Crippen LogP contribution is -2.50. The van der Waals surface area contributed by atoms with Gasteiger partial charge in [-0.2, -0.15) is 0 Å². The number of aryl methyl sites for hydroxylation is 1. The summed E-state index contributed by atoms with van der Waals surface area (Å²) in [5.74, 6) is -0.173. The first-order valence-electron chi connectivity index (χ1n) is 8.45. The van der Waals surface area contributed by atoms with Crippen molar-refractivity contribution < 1.29 is 9.53 Å². The fraction of sp³-hybridized carbons (Fsp3) is 0.526. The quantitative estimate of drug-likeness (QED) is 0.792. The number of hydrogen-bond acceptors (Lipinski definition) is 3. The molecule has 3 saturated heterocycles. The largest absolute Gasteiger partial charge is 0.461 e. The van der Waals surface area contributed by atoms with Crippen LogP contribution >= 0.6 is 11.6 Å². The molecule has 0 N–H and O–H groups in total. The summed E-state index contributed by atoms with van der Waals surface area (Å²) in [7, 11) is 0. The van der Waals surface area contributed by atoms with Crippen molar-refractivity contribution in [2.24, 2.45) is 5.41 Å². The summed E-state index contributed by atoms with van der Waals surface area (Å²) in [5, 5.41) is 0.764. The molecule has 5 rings (SSSR count). The van der Waals surface area contributed by atoms with Gasteiger partial charge in [0.1, 0.15) is 0 Å². The molecule has 1 aromatic carbocycles. The van der Waals surface area contributed by atoms with E-state index in [4.69, 9.17) is 16.3 Å². The summed E-state index contributed by atoms with van der Waals surface area (Å²) >= 11 is 6.18. The highest BCUT2D eigenvalue weighted by molar-refractivity contribution is 6.31. The van der Waals surface area contributed by atoms with Crippen molar-refractivity contribution >= 4 is 23.1 Å². The monoisotopic (exact) mass is 331 g/mol. The lowest BCUT2D eigenvalue weighted by atomic mass is 9.73. The zero-order valence-corrected chi connectivity index (χ0v) is 14.3. The second kappa shape index (κ2) is 5.64. The van der Waals surface area contributed by atoms with E-state index in [1.165, 1.54) is 0 Å². The predicted octanol–water partition coefficient (Wildman–Crippen LogP) is 3.62. The number of fused-ring (bicyclic) bond motifs is 4. The van der Waals surface area contributed by atoms with E-state index >= 15 is 0 Å². The van der Waals surface area contributed by atoms with Crippen LogP contribution in [0, 0.1) is 12.3 Å². The number of hydrogen-bond donors (Lipinski definition) is 0. The average molecular weight is 332 g/mol. The Kier molecular flexibility index (Phi) is 3.73. The summed E-state index contributed by atoms with van der Waals surface area (Å²) in [6.45, 7) is 6.00. The zero-order valence-electron chi connectivity index (χ0n) is 13.5. The average Bonchev–Trinajstić information content (AvgIpc) is 2.98. The van der Waals surface area contributed by atoms with Crippen LogP contribution in [-0.4, -0.2) is 37.1 Å². The van der Waals surface area contributed by atoms with Gasteiger partial charge in [0, 0.05) is 10.4 Å². The number of allylic oxidation sites excluding steroid dienone is 1. The van der Waals surface area contributed by atoms with E-state index in [2.05, 4.69) is 4.90 Å². The first kappa shape index (κ1) is 15.2. The van der Waals surface area contributed by atoms with Gasteiger partial charge in [-0.05, 0) is 81.1 Å². The molecule has 0 atom stereocenters. The third kappa shape index (κ3) is 2.70. The van der Waals surface area contributed by atoms with E-state index < -0.39 is 0 Å². The minimum absolute atomic E-state index is 0.173. The Morgan fingerprint density at radius 1 is 1.26 bits per heavy atom. The number of rotatable bonds is 3. The van der Waals surface area contributed by atoms with Crippen molar-refractivity contribution in [2.75, 3.05) is 26.2 Å². The number of carbonyl (C=O) groups excluding carboxylic acids is 1. The highest BCUT2D eigenvalue weighted by atomic mass is 35.5. The molecule has 1 aliphatic carbocycles. The molecule has 4 heteroatoms. The molecular formula is C19H22ClNO2. The number of piperidine rings is 3. The van der Waals surface area contributed by atoms with Crippen molar-refractivity contribution in [1.82, 2.24) is 4.90 Å². The van der Waals surface area contributed by atoms with Crippen LogP contribution in [-0.2, 0) is 16.0 Å². The van der Waals surface area contributed by atoms with Crippen LogP contribution in [0.2, 0.25) is 5.02 Å². The minimum Gasteiger partial charge on any atom is -0.461 e. The van der Waals surface area contributed by atoms with Crippen molar-refractivity contribution in [1.29, 1.82) is 0 Å². The van der Waals surface area contributed by atoms with E-state index in [1.807, 2.05) is 25.1 Å². The second-order valence-electron chi connectivity index (χ2n) is 7.25. The van der Waals surface area contributed by atoms with Crippen LogP contribution in [0.5, 0.6) is 0 Å². The molecule has 3 nitrogen and oxygen atoms in total. The number of benzene rings is 1. The highest BCUT2D eigenvalue weighted by Gasteiger charge is 2.40. The molecule has 0 unspecified atom stereocenters. The SMILES string of the molecule is Cc1cc2c(cc1Cl)CC=C2C(=O)OCC12CCN(CC1)CC2. The summed E-state index contributed by atoms with van der Waals surface area (Å²) in [6, 6.07) is 3.98. The summed E-state index contributed by atoms with van der Waals surface area (Å²) in [6.07, 6.45) is 6.21. The highest BCUT2D eigenvalue weighted by Crippen LogP contribution is 2.41. The zero-order chi connectivity index (χ0) is 16.0. The molecule has 3 heterocycles. The number of carbonyl (C=O) groups is 1. The molecule has 3 aliphatic heterocycles. The molecule has 4 aliphatic rings. The van der Waals surface area contributed by atoms with Crippen molar-refractivity contribution in [3.8, 4) is 0 Å². The molecule has 122 valence electrons. The molecular weight excluding hydrogens is 310 g/mol. The van der Waals surface area contributed by atoms with Crippen LogP contribution in [0.4, 0.5) is 0 Å². The Bertz CT molecular complexity index is 673. The normalized spacial score (nSPS) is 28.4. The maximum atomic E-state index is 12.6. The van der Waals surface area contributed by atoms with E-state index in [9.17, 15) is 4.79 Å². The van der Waals surface area contributed by atoms with Crippen LogP contribution in [0.1, 0.15) is 36.0 Å². The second-order valence-corrected chi connectivity index (χ2v) is 7.66. The van der Waals surface area contributed by atoms with Gasteiger partial charge in [0.25, 0.3) is 0 Å². The topological polar surface area (TPSA) is 29.5 Å². The minimum atomic E-state index is -0.173. The number of esters is 1. The molecule has 0 amide bonds. The van der Waals surface area contributed by atoms with Gasteiger partial charge in [0.2, 0.25) is 0 Å². The van der Waals surface area contributed by atoms with Gasteiger partial charge < -0.3 is 9.64 Å².